The third-order valence-corrected chi connectivity index (χ3v) is 7.02. The number of carbonyl (C=O) groups is 3. The van der Waals surface area contributed by atoms with Crippen LogP contribution in [0.15, 0.2) is 29.0 Å². The van der Waals surface area contributed by atoms with Gasteiger partial charge in [-0.3, -0.25) is 14.4 Å². The molecule has 0 aliphatic carbocycles. The van der Waals surface area contributed by atoms with Crippen LogP contribution in [0.4, 0.5) is 15.8 Å². The number of carbonyl (C=O) groups excluding carboxylic acids is 3. The molecule has 0 bridgehead atoms. The first kappa shape index (κ1) is 23.4. The Hall–Kier alpha value is -2.78. The zero-order valence-electron chi connectivity index (χ0n) is 18.9. The van der Waals surface area contributed by atoms with Gasteiger partial charge in [0.05, 0.1) is 11.3 Å². The fraction of sp³-hybridized carbons (Fsp3) is 0.458. The SMILES string of the molecule is CC(C)N1CCC(NC(=O)c2cscc2NC(=O)c2cc(F)cc(N3CCCC3=O)c2)CC1. The van der Waals surface area contributed by atoms with Crippen molar-refractivity contribution in [2.24, 2.45) is 0 Å². The average Bonchev–Trinajstić information content (AvgIpc) is 3.42. The van der Waals surface area contributed by atoms with Crippen LogP contribution >= 0.6 is 11.3 Å². The Balaban J connectivity index is 1.42. The Bertz CT molecular complexity index is 1050. The standard InChI is InChI=1S/C24H29FN4O3S/c1-15(2)28-8-5-18(6-9-28)26-24(32)20-13-33-14-21(20)27-23(31)16-10-17(25)12-19(11-16)29-7-3-4-22(29)30/h10-15,18H,3-9H2,1-2H3,(H,26,32)(H,27,31). The molecule has 2 aromatic rings. The number of piperidine rings is 1. The lowest BCUT2D eigenvalue weighted by molar-refractivity contribution is -0.117. The zero-order chi connectivity index (χ0) is 23.5. The number of hydrogen-bond donors (Lipinski definition) is 2. The Morgan fingerprint density at radius 1 is 1.09 bits per heavy atom. The van der Waals surface area contributed by atoms with Crippen LogP contribution in [0.3, 0.4) is 0 Å². The molecular weight excluding hydrogens is 443 g/mol. The summed E-state index contributed by atoms with van der Waals surface area (Å²) in [6.45, 7) is 6.73. The van der Waals surface area contributed by atoms with Crippen molar-refractivity contribution in [3.63, 3.8) is 0 Å². The second kappa shape index (κ2) is 10.0. The number of nitrogens with zero attached hydrogens (tertiary/aromatic N) is 2. The van der Waals surface area contributed by atoms with E-state index in [1.165, 1.54) is 28.4 Å². The largest absolute Gasteiger partial charge is 0.349 e. The number of thiophene rings is 1. The number of benzene rings is 1. The monoisotopic (exact) mass is 472 g/mol. The van der Waals surface area contributed by atoms with Crippen molar-refractivity contribution in [3.05, 3.63) is 45.9 Å². The second-order valence-electron chi connectivity index (χ2n) is 8.88. The van der Waals surface area contributed by atoms with E-state index in [0.717, 1.165) is 32.0 Å². The van der Waals surface area contributed by atoms with Crippen LogP contribution < -0.4 is 15.5 Å². The first-order valence-electron chi connectivity index (χ1n) is 11.3. The number of anilines is 2. The lowest BCUT2D eigenvalue weighted by Crippen LogP contribution is -2.46. The highest BCUT2D eigenvalue weighted by atomic mass is 32.1. The summed E-state index contributed by atoms with van der Waals surface area (Å²) in [6.07, 6.45) is 2.90. The van der Waals surface area contributed by atoms with Crippen molar-refractivity contribution in [2.75, 3.05) is 29.9 Å². The van der Waals surface area contributed by atoms with Crippen LogP contribution in [0.2, 0.25) is 0 Å². The van der Waals surface area contributed by atoms with E-state index in [4.69, 9.17) is 0 Å². The van der Waals surface area contributed by atoms with E-state index in [9.17, 15) is 18.8 Å². The summed E-state index contributed by atoms with van der Waals surface area (Å²) in [5, 5.41) is 9.21. The summed E-state index contributed by atoms with van der Waals surface area (Å²) in [5.41, 5.74) is 1.26. The molecule has 4 rings (SSSR count). The normalized spacial score (nSPS) is 17.6. The van der Waals surface area contributed by atoms with E-state index >= 15 is 0 Å². The van der Waals surface area contributed by atoms with Crippen molar-refractivity contribution in [2.45, 2.75) is 51.6 Å². The Labute approximate surface area is 196 Å². The molecule has 2 N–H and O–H groups in total. The minimum atomic E-state index is -0.589. The van der Waals surface area contributed by atoms with Gasteiger partial charge < -0.3 is 20.4 Å². The van der Waals surface area contributed by atoms with Crippen LogP contribution in [-0.2, 0) is 4.79 Å². The minimum Gasteiger partial charge on any atom is -0.349 e. The molecule has 2 saturated heterocycles. The number of halogens is 1. The maximum Gasteiger partial charge on any atom is 0.255 e. The molecule has 176 valence electrons. The van der Waals surface area contributed by atoms with E-state index < -0.39 is 11.7 Å². The van der Waals surface area contributed by atoms with Gasteiger partial charge in [0.2, 0.25) is 5.91 Å². The molecule has 0 unspecified atom stereocenters. The van der Waals surface area contributed by atoms with Crippen LogP contribution in [-0.4, -0.2) is 54.3 Å². The molecule has 0 radical (unpaired) electrons. The van der Waals surface area contributed by atoms with Crippen molar-refractivity contribution in [1.82, 2.24) is 10.2 Å². The Kier molecular flexibility index (Phi) is 7.09. The van der Waals surface area contributed by atoms with Gasteiger partial charge in [0.25, 0.3) is 11.8 Å². The molecule has 2 aliphatic heterocycles. The van der Waals surface area contributed by atoms with E-state index in [0.29, 0.717) is 42.4 Å². The fourth-order valence-corrected chi connectivity index (χ4v) is 5.13. The van der Waals surface area contributed by atoms with E-state index in [2.05, 4.69) is 29.4 Å². The van der Waals surface area contributed by atoms with Crippen molar-refractivity contribution >= 4 is 40.4 Å². The predicted octanol–water partition coefficient (Wildman–Crippen LogP) is 3.87. The number of amides is 3. The highest BCUT2D eigenvalue weighted by Gasteiger charge is 2.25. The smallest absolute Gasteiger partial charge is 0.255 e. The Morgan fingerprint density at radius 2 is 1.85 bits per heavy atom. The lowest BCUT2D eigenvalue weighted by atomic mass is 10.0. The third kappa shape index (κ3) is 5.42. The minimum absolute atomic E-state index is 0.0806. The maximum atomic E-state index is 14.2. The molecule has 0 atom stereocenters. The van der Waals surface area contributed by atoms with Gasteiger partial charge in [0.1, 0.15) is 5.82 Å². The van der Waals surface area contributed by atoms with Gasteiger partial charge >= 0.3 is 0 Å². The topological polar surface area (TPSA) is 81.8 Å². The number of rotatable bonds is 6. The van der Waals surface area contributed by atoms with E-state index in [-0.39, 0.29) is 23.4 Å². The molecule has 7 nitrogen and oxygen atoms in total. The van der Waals surface area contributed by atoms with Gasteiger partial charge in [-0.1, -0.05) is 0 Å². The molecule has 0 saturated carbocycles. The van der Waals surface area contributed by atoms with Gasteiger partial charge in [-0.2, -0.15) is 0 Å². The van der Waals surface area contributed by atoms with Crippen LogP contribution in [0.5, 0.6) is 0 Å². The van der Waals surface area contributed by atoms with Gasteiger partial charge in [-0.25, -0.2) is 4.39 Å². The summed E-state index contributed by atoms with van der Waals surface area (Å²) in [4.78, 5) is 41.6. The van der Waals surface area contributed by atoms with Gasteiger partial charge in [-0.15, -0.1) is 11.3 Å². The molecule has 2 aliphatic rings. The Morgan fingerprint density at radius 3 is 2.52 bits per heavy atom. The second-order valence-corrected chi connectivity index (χ2v) is 9.62. The predicted molar refractivity (Wildman–Crippen MR) is 127 cm³/mol. The number of hydrogen-bond acceptors (Lipinski definition) is 5. The summed E-state index contributed by atoms with van der Waals surface area (Å²) in [7, 11) is 0. The van der Waals surface area contributed by atoms with Crippen LogP contribution in [0, 0.1) is 5.82 Å². The van der Waals surface area contributed by atoms with Gasteiger partial charge in [0, 0.05) is 60.1 Å². The van der Waals surface area contributed by atoms with Crippen molar-refractivity contribution in [3.8, 4) is 0 Å². The molecular formula is C24H29FN4O3S. The first-order chi connectivity index (χ1) is 15.8. The average molecular weight is 473 g/mol. The summed E-state index contributed by atoms with van der Waals surface area (Å²) < 4.78 is 14.2. The molecule has 1 aromatic heterocycles. The van der Waals surface area contributed by atoms with Gasteiger partial charge in [0.15, 0.2) is 0 Å². The van der Waals surface area contributed by atoms with Crippen LogP contribution in [0.25, 0.3) is 0 Å². The highest BCUT2D eigenvalue weighted by Crippen LogP contribution is 2.26. The van der Waals surface area contributed by atoms with Crippen LogP contribution in [0.1, 0.15) is 60.2 Å². The fourth-order valence-electron chi connectivity index (χ4n) is 4.37. The molecule has 2 fully saturated rings. The zero-order valence-corrected chi connectivity index (χ0v) is 19.7. The van der Waals surface area contributed by atoms with Gasteiger partial charge in [-0.05, 0) is 51.3 Å². The molecule has 33 heavy (non-hydrogen) atoms. The summed E-state index contributed by atoms with van der Waals surface area (Å²) in [5.74, 6) is -1.42. The molecule has 3 heterocycles. The van der Waals surface area contributed by atoms with Crippen molar-refractivity contribution < 1.29 is 18.8 Å². The number of nitrogens with one attached hydrogen (secondary N) is 2. The number of likely N-dealkylation sites (tertiary alicyclic amines) is 1. The summed E-state index contributed by atoms with van der Waals surface area (Å²) in [6, 6.07) is 4.49. The lowest BCUT2D eigenvalue weighted by Gasteiger charge is -2.34. The quantitative estimate of drug-likeness (QED) is 0.669. The highest BCUT2D eigenvalue weighted by molar-refractivity contribution is 7.08. The maximum absolute atomic E-state index is 14.2. The van der Waals surface area contributed by atoms with E-state index in [1.54, 1.807) is 10.8 Å². The van der Waals surface area contributed by atoms with E-state index in [1.807, 2.05) is 0 Å². The molecule has 3 amide bonds. The molecule has 1 aromatic carbocycles. The first-order valence-corrected chi connectivity index (χ1v) is 12.3. The summed E-state index contributed by atoms with van der Waals surface area (Å²) >= 11 is 1.31. The third-order valence-electron chi connectivity index (χ3n) is 6.28. The van der Waals surface area contributed by atoms with Crippen molar-refractivity contribution in [1.29, 1.82) is 0 Å². The molecule has 0 spiro atoms. The molecule has 9 heteroatoms.